The molecule has 1 fully saturated rings. The largest absolute Gasteiger partial charge is 0.395 e. The number of carbonyl (C=O) groups excluding carboxylic acids is 1. The summed E-state index contributed by atoms with van der Waals surface area (Å²) >= 11 is 0. The monoisotopic (exact) mass is 265 g/mol. The van der Waals surface area contributed by atoms with Crippen LogP contribution in [0.15, 0.2) is 12.1 Å². The number of aromatic nitrogens is 2. The molecule has 1 aliphatic rings. The van der Waals surface area contributed by atoms with Gasteiger partial charge in [0, 0.05) is 26.2 Å². The van der Waals surface area contributed by atoms with Gasteiger partial charge in [0.15, 0.2) is 11.5 Å². The summed E-state index contributed by atoms with van der Waals surface area (Å²) in [5.41, 5.74) is 5.31. The van der Waals surface area contributed by atoms with Crippen molar-refractivity contribution in [3.05, 3.63) is 17.8 Å². The molecule has 0 radical (unpaired) electrons. The third-order valence-corrected chi connectivity index (χ3v) is 3.23. The minimum atomic E-state index is -0.566. The van der Waals surface area contributed by atoms with E-state index in [0.717, 1.165) is 38.4 Å². The van der Waals surface area contributed by atoms with E-state index in [1.165, 1.54) is 0 Å². The van der Waals surface area contributed by atoms with E-state index in [4.69, 9.17) is 10.8 Å². The molecule has 1 aromatic rings. The zero-order valence-electron chi connectivity index (χ0n) is 10.8. The minimum Gasteiger partial charge on any atom is -0.395 e. The lowest BCUT2D eigenvalue weighted by molar-refractivity contribution is 0.0994. The summed E-state index contributed by atoms with van der Waals surface area (Å²) < 4.78 is 0. The van der Waals surface area contributed by atoms with E-state index < -0.39 is 5.91 Å². The predicted octanol–water partition coefficient (Wildman–Crippen LogP) is -0.920. The summed E-state index contributed by atoms with van der Waals surface area (Å²) in [6.07, 6.45) is 1.01. The number of anilines is 1. The molecule has 1 amide bonds. The minimum absolute atomic E-state index is 0.181. The van der Waals surface area contributed by atoms with Gasteiger partial charge in [0.1, 0.15) is 0 Å². The molecule has 0 aliphatic carbocycles. The third kappa shape index (κ3) is 3.62. The normalized spacial score (nSPS) is 17.2. The summed E-state index contributed by atoms with van der Waals surface area (Å²) in [5, 5.41) is 16.8. The van der Waals surface area contributed by atoms with Gasteiger partial charge < -0.3 is 15.7 Å². The van der Waals surface area contributed by atoms with Gasteiger partial charge in [0.25, 0.3) is 5.91 Å². The lowest BCUT2D eigenvalue weighted by Gasteiger charge is -2.21. The average molecular weight is 265 g/mol. The van der Waals surface area contributed by atoms with Crippen molar-refractivity contribution in [3.63, 3.8) is 0 Å². The van der Waals surface area contributed by atoms with Crippen LogP contribution in [0.2, 0.25) is 0 Å². The number of nitrogens with zero attached hydrogens (tertiary/aromatic N) is 4. The van der Waals surface area contributed by atoms with Gasteiger partial charge in [-0.3, -0.25) is 9.69 Å². The van der Waals surface area contributed by atoms with Gasteiger partial charge in [-0.25, -0.2) is 0 Å². The molecule has 7 heteroatoms. The van der Waals surface area contributed by atoms with Crippen LogP contribution in [0.25, 0.3) is 0 Å². The van der Waals surface area contributed by atoms with Crippen LogP contribution in [0, 0.1) is 0 Å². The van der Waals surface area contributed by atoms with Crippen LogP contribution in [-0.4, -0.2) is 65.4 Å². The molecule has 7 nitrogen and oxygen atoms in total. The average Bonchev–Trinajstić information content (AvgIpc) is 2.65. The molecule has 19 heavy (non-hydrogen) atoms. The van der Waals surface area contributed by atoms with Crippen molar-refractivity contribution in [1.29, 1.82) is 0 Å². The van der Waals surface area contributed by atoms with E-state index in [2.05, 4.69) is 20.0 Å². The Morgan fingerprint density at radius 1 is 1.26 bits per heavy atom. The Kier molecular flexibility index (Phi) is 4.64. The fourth-order valence-electron chi connectivity index (χ4n) is 2.19. The topological polar surface area (TPSA) is 95.6 Å². The van der Waals surface area contributed by atoms with Gasteiger partial charge in [0.2, 0.25) is 0 Å². The Bertz CT molecular complexity index is 423. The first kappa shape index (κ1) is 13.7. The summed E-state index contributed by atoms with van der Waals surface area (Å²) in [5.74, 6) is 0.194. The van der Waals surface area contributed by atoms with E-state index >= 15 is 0 Å². The third-order valence-electron chi connectivity index (χ3n) is 3.23. The number of nitrogens with two attached hydrogens (primary N) is 1. The lowest BCUT2D eigenvalue weighted by Crippen LogP contribution is -2.32. The van der Waals surface area contributed by atoms with Gasteiger partial charge in [0.05, 0.1) is 6.61 Å². The Morgan fingerprint density at radius 3 is 2.74 bits per heavy atom. The molecule has 0 atom stereocenters. The molecular weight excluding hydrogens is 246 g/mol. The van der Waals surface area contributed by atoms with Crippen molar-refractivity contribution in [2.24, 2.45) is 5.73 Å². The van der Waals surface area contributed by atoms with E-state index in [0.29, 0.717) is 6.54 Å². The molecule has 0 saturated carbocycles. The highest BCUT2D eigenvalue weighted by molar-refractivity contribution is 5.90. The van der Waals surface area contributed by atoms with Gasteiger partial charge in [-0.15, -0.1) is 10.2 Å². The number of carbonyl (C=O) groups is 1. The van der Waals surface area contributed by atoms with Crippen LogP contribution >= 0.6 is 0 Å². The number of aliphatic hydroxyl groups excluding tert-OH is 1. The summed E-state index contributed by atoms with van der Waals surface area (Å²) in [6.45, 7) is 4.49. The summed E-state index contributed by atoms with van der Waals surface area (Å²) in [6, 6.07) is 3.37. The maximum Gasteiger partial charge on any atom is 0.269 e. The lowest BCUT2D eigenvalue weighted by atomic mass is 10.3. The molecule has 1 aliphatic heterocycles. The quantitative estimate of drug-likeness (QED) is 0.731. The van der Waals surface area contributed by atoms with Gasteiger partial charge in [-0.05, 0) is 25.1 Å². The summed E-state index contributed by atoms with van der Waals surface area (Å²) in [4.78, 5) is 15.3. The highest BCUT2D eigenvalue weighted by Crippen LogP contribution is 2.12. The Labute approximate surface area is 112 Å². The van der Waals surface area contributed by atoms with Crippen LogP contribution in [0.5, 0.6) is 0 Å². The highest BCUT2D eigenvalue weighted by Gasteiger charge is 2.16. The standard InChI is InChI=1S/C12H19N5O2/c13-12(19)10-2-3-11(15-14-10)17-5-1-4-16(6-7-17)8-9-18/h2-3,18H,1,4-9H2,(H2,13,19). The smallest absolute Gasteiger partial charge is 0.269 e. The number of primary amides is 1. The molecular formula is C12H19N5O2. The van der Waals surface area contributed by atoms with E-state index in [-0.39, 0.29) is 12.3 Å². The number of hydrogen-bond donors (Lipinski definition) is 2. The molecule has 1 saturated heterocycles. The van der Waals surface area contributed by atoms with Crippen LogP contribution in [0.4, 0.5) is 5.82 Å². The number of hydrogen-bond acceptors (Lipinski definition) is 6. The molecule has 0 aromatic carbocycles. The number of aliphatic hydroxyl groups is 1. The zero-order chi connectivity index (χ0) is 13.7. The van der Waals surface area contributed by atoms with Crippen molar-refractivity contribution in [1.82, 2.24) is 15.1 Å². The molecule has 1 aromatic heterocycles. The fraction of sp³-hybridized carbons (Fsp3) is 0.583. The second-order valence-corrected chi connectivity index (χ2v) is 4.55. The number of amides is 1. The first-order chi connectivity index (χ1) is 9.20. The first-order valence-corrected chi connectivity index (χ1v) is 6.42. The van der Waals surface area contributed by atoms with Crippen LogP contribution in [-0.2, 0) is 0 Å². The second kappa shape index (κ2) is 6.44. The maximum absolute atomic E-state index is 10.9. The fourth-order valence-corrected chi connectivity index (χ4v) is 2.19. The zero-order valence-corrected chi connectivity index (χ0v) is 10.8. The molecule has 104 valence electrons. The van der Waals surface area contributed by atoms with Gasteiger partial charge in [-0.1, -0.05) is 0 Å². The molecule has 2 heterocycles. The Morgan fingerprint density at radius 2 is 2.11 bits per heavy atom. The first-order valence-electron chi connectivity index (χ1n) is 6.42. The van der Waals surface area contributed by atoms with Gasteiger partial charge in [-0.2, -0.15) is 0 Å². The highest BCUT2D eigenvalue weighted by atomic mass is 16.3. The second-order valence-electron chi connectivity index (χ2n) is 4.55. The van der Waals surface area contributed by atoms with Crippen LogP contribution in [0.1, 0.15) is 16.9 Å². The predicted molar refractivity (Wildman–Crippen MR) is 70.9 cm³/mol. The maximum atomic E-state index is 10.9. The molecule has 0 spiro atoms. The van der Waals surface area contributed by atoms with E-state index in [1.54, 1.807) is 12.1 Å². The summed E-state index contributed by atoms with van der Waals surface area (Å²) in [7, 11) is 0. The van der Waals surface area contributed by atoms with Crippen LogP contribution < -0.4 is 10.6 Å². The number of rotatable bonds is 4. The van der Waals surface area contributed by atoms with Crippen molar-refractivity contribution >= 4 is 11.7 Å². The Balaban J connectivity index is 1.99. The van der Waals surface area contributed by atoms with E-state index in [1.807, 2.05) is 0 Å². The molecule has 0 unspecified atom stereocenters. The Hall–Kier alpha value is -1.73. The number of β-amino-alcohol motifs (C(OH)–C–C–N with tert-alkyl or cyclic N) is 1. The van der Waals surface area contributed by atoms with Crippen molar-refractivity contribution < 1.29 is 9.90 Å². The van der Waals surface area contributed by atoms with Crippen molar-refractivity contribution in [2.75, 3.05) is 44.2 Å². The molecule has 3 N–H and O–H groups in total. The molecule has 2 rings (SSSR count). The SMILES string of the molecule is NC(=O)c1ccc(N2CCCN(CCO)CC2)nn1. The molecule has 0 bridgehead atoms. The van der Waals surface area contributed by atoms with Crippen LogP contribution in [0.3, 0.4) is 0 Å². The van der Waals surface area contributed by atoms with E-state index in [9.17, 15) is 4.79 Å². The van der Waals surface area contributed by atoms with Gasteiger partial charge >= 0.3 is 0 Å². The van der Waals surface area contributed by atoms with Crippen molar-refractivity contribution in [2.45, 2.75) is 6.42 Å². The van der Waals surface area contributed by atoms with Crippen molar-refractivity contribution in [3.8, 4) is 0 Å².